The molecule has 0 aliphatic carbocycles. The van der Waals surface area contributed by atoms with Crippen LogP contribution in [0.1, 0.15) is 24.5 Å². The van der Waals surface area contributed by atoms with Crippen molar-refractivity contribution in [2.24, 2.45) is 5.73 Å². The lowest BCUT2D eigenvalue weighted by Gasteiger charge is -2.26. The summed E-state index contributed by atoms with van der Waals surface area (Å²) in [5, 5.41) is 0.746. The monoisotopic (exact) mass is 259 g/mol. The van der Waals surface area contributed by atoms with E-state index in [0.29, 0.717) is 0 Å². The predicted octanol–water partition coefficient (Wildman–Crippen LogP) is 4.15. The van der Waals surface area contributed by atoms with Crippen LogP contribution >= 0.6 is 11.6 Å². The quantitative estimate of drug-likeness (QED) is 0.877. The van der Waals surface area contributed by atoms with E-state index in [1.54, 1.807) is 0 Å². The Morgan fingerprint density at radius 1 is 1.00 bits per heavy atom. The van der Waals surface area contributed by atoms with E-state index in [2.05, 4.69) is 24.3 Å². The number of halogens is 1. The molecule has 0 radical (unpaired) electrons. The number of hydrogen-bond donors (Lipinski definition) is 1. The van der Waals surface area contributed by atoms with Crippen LogP contribution in [0.15, 0.2) is 54.6 Å². The fourth-order valence-electron chi connectivity index (χ4n) is 2.11. The Hall–Kier alpha value is -1.31. The molecule has 0 saturated heterocycles. The molecule has 0 aliphatic heterocycles. The SMILES string of the molecule is CC(N)(CCc1ccccc1)c1ccccc1Cl. The van der Waals surface area contributed by atoms with Gasteiger partial charge in [0.15, 0.2) is 0 Å². The Labute approximate surface area is 114 Å². The van der Waals surface area contributed by atoms with Gasteiger partial charge in [0.1, 0.15) is 0 Å². The summed E-state index contributed by atoms with van der Waals surface area (Å²) in [6, 6.07) is 18.2. The summed E-state index contributed by atoms with van der Waals surface area (Å²) in [6.45, 7) is 2.04. The van der Waals surface area contributed by atoms with Gasteiger partial charge in [-0.3, -0.25) is 0 Å². The molecule has 0 aliphatic rings. The van der Waals surface area contributed by atoms with Crippen LogP contribution in [0.3, 0.4) is 0 Å². The molecular formula is C16H18ClN. The summed E-state index contributed by atoms with van der Waals surface area (Å²) in [7, 11) is 0. The fourth-order valence-corrected chi connectivity index (χ4v) is 2.46. The summed E-state index contributed by atoms with van der Waals surface area (Å²) < 4.78 is 0. The molecule has 0 amide bonds. The molecule has 2 rings (SSSR count). The van der Waals surface area contributed by atoms with Crippen molar-refractivity contribution >= 4 is 11.6 Å². The zero-order chi connectivity index (χ0) is 13.0. The van der Waals surface area contributed by atoms with E-state index in [4.69, 9.17) is 17.3 Å². The average Bonchev–Trinajstić information content (AvgIpc) is 2.38. The van der Waals surface area contributed by atoms with Gasteiger partial charge in [-0.1, -0.05) is 60.1 Å². The molecule has 0 aromatic heterocycles. The maximum absolute atomic E-state index is 6.40. The van der Waals surface area contributed by atoms with E-state index in [9.17, 15) is 0 Å². The van der Waals surface area contributed by atoms with Gasteiger partial charge < -0.3 is 5.73 Å². The lowest BCUT2D eigenvalue weighted by atomic mass is 9.87. The molecule has 2 N–H and O–H groups in total. The number of aryl methyl sites for hydroxylation is 1. The van der Waals surface area contributed by atoms with Crippen molar-refractivity contribution in [3.05, 3.63) is 70.7 Å². The minimum Gasteiger partial charge on any atom is -0.322 e. The molecule has 2 aromatic rings. The second-order valence-corrected chi connectivity index (χ2v) is 5.29. The molecule has 94 valence electrons. The molecule has 2 aromatic carbocycles. The molecule has 0 heterocycles. The highest BCUT2D eigenvalue weighted by Crippen LogP contribution is 2.29. The lowest BCUT2D eigenvalue weighted by molar-refractivity contribution is 0.453. The predicted molar refractivity (Wildman–Crippen MR) is 77.8 cm³/mol. The first kappa shape index (κ1) is 13.1. The zero-order valence-electron chi connectivity index (χ0n) is 10.6. The Morgan fingerprint density at radius 2 is 1.61 bits per heavy atom. The first-order chi connectivity index (χ1) is 8.59. The molecule has 18 heavy (non-hydrogen) atoms. The largest absolute Gasteiger partial charge is 0.322 e. The summed E-state index contributed by atoms with van der Waals surface area (Å²) >= 11 is 6.21. The van der Waals surface area contributed by atoms with Crippen LogP contribution < -0.4 is 5.73 Å². The number of rotatable bonds is 4. The van der Waals surface area contributed by atoms with E-state index in [1.807, 2.05) is 37.3 Å². The highest BCUT2D eigenvalue weighted by atomic mass is 35.5. The topological polar surface area (TPSA) is 26.0 Å². The van der Waals surface area contributed by atoms with Crippen molar-refractivity contribution in [2.75, 3.05) is 0 Å². The Bertz CT molecular complexity index is 506. The van der Waals surface area contributed by atoms with E-state index >= 15 is 0 Å². The fraction of sp³-hybridized carbons (Fsp3) is 0.250. The number of benzene rings is 2. The maximum Gasteiger partial charge on any atom is 0.0456 e. The minimum atomic E-state index is -0.395. The number of nitrogens with two attached hydrogens (primary N) is 1. The van der Waals surface area contributed by atoms with Gasteiger partial charge in [0, 0.05) is 10.6 Å². The smallest absolute Gasteiger partial charge is 0.0456 e. The van der Waals surface area contributed by atoms with Crippen molar-refractivity contribution in [2.45, 2.75) is 25.3 Å². The number of hydrogen-bond acceptors (Lipinski definition) is 1. The molecule has 0 fully saturated rings. The minimum absolute atomic E-state index is 0.395. The van der Waals surface area contributed by atoms with Gasteiger partial charge in [-0.2, -0.15) is 0 Å². The Kier molecular flexibility index (Phi) is 4.05. The van der Waals surface area contributed by atoms with Crippen LogP contribution in [-0.4, -0.2) is 0 Å². The van der Waals surface area contributed by atoms with Crippen LogP contribution in [-0.2, 0) is 12.0 Å². The first-order valence-corrected chi connectivity index (χ1v) is 6.55. The van der Waals surface area contributed by atoms with Gasteiger partial charge in [-0.25, -0.2) is 0 Å². The Balaban J connectivity index is 2.11. The summed E-state index contributed by atoms with van der Waals surface area (Å²) in [4.78, 5) is 0. The first-order valence-electron chi connectivity index (χ1n) is 6.17. The van der Waals surface area contributed by atoms with Crippen molar-refractivity contribution in [1.82, 2.24) is 0 Å². The van der Waals surface area contributed by atoms with E-state index in [0.717, 1.165) is 23.4 Å². The summed E-state index contributed by atoms with van der Waals surface area (Å²) in [5.74, 6) is 0. The third-order valence-corrected chi connectivity index (χ3v) is 3.59. The van der Waals surface area contributed by atoms with Gasteiger partial charge in [0.25, 0.3) is 0 Å². The highest BCUT2D eigenvalue weighted by molar-refractivity contribution is 6.31. The van der Waals surface area contributed by atoms with Crippen molar-refractivity contribution in [1.29, 1.82) is 0 Å². The molecule has 0 bridgehead atoms. The van der Waals surface area contributed by atoms with Crippen molar-refractivity contribution in [3.63, 3.8) is 0 Å². The zero-order valence-corrected chi connectivity index (χ0v) is 11.3. The van der Waals surface area contributed by atoms with Gasteiger partial charge in [0.2, 0.25) is 0 Å². The molecule has 1 nitrogen and oxygen atoms in total. The maximum atomic E-state index is 6.40. The summed E-state index contributed by atoms with van der Waals surface area (Å²) in [5.41, 5.74) is 8.33. The molecular weight excluding hydrogens is 242 g/mol. The van der Waals surface area contributed by atoms with E-state index < -0.39 is 5.54 Å². The second-order valence-electron chi connectivity index (χ2n) is 4.88. The normalized spacial score (nSPS) is 14.2. The Morgan fingerprint density at radius 3 is 2.28 bits per heavy atom. The van der Waals surface area contributed by atoms with Gasteiger partial charge in [0.05, 0.1) is 0 Å². The highest BCUT2D eigenvalue weighted by Gasteiger charge is 2.23. The van der Waals surface area contributed by atoms with E-state index in [-0.39, 0.29) is 0 Å². The van der Waals surface area contributed by atoms with Crippen LogP contribution in [0.4, 0.5) is 0 Å². The molecule has 0 spiro atoms. The molecule has 2 heteroatoms. The van der Waals surface area contributed by atoms with Gasteiger partial charge in [-0.05, 0) is 37.0 Å². The van der Waals surface area contributed by atoms with Crippen LogP contribution in [0.5, 0.6) is 0 Å². The average molecular weight is 260 g/mol. The van der Waals surface area contributed by atoms with Crippen LogP contribution in [0.2, 0.25) is 5.02 Å². The van der Waals surface area contributed by atoms with Gasteiger partial charge in [-0.15, -0.1) is 0 Å². The van der Waals surface area contributed by atoms with E-state index in [1.165, 1.54) is 5.56 Å². The van der Waals surface area contributed by atoms with Crippen LogP contribution in [0.25, 0.3) is 0 Å². The molecule has 0 saturated carbocycles. The third-order valence-electron chi connectivity index (χ3n) is 3.26. The molecule has 1 unspecified atom stereocenters. The van der Waals surface area contributed by atoms with Gasteiger partial charge >= 0.3 is 0 Å². The lowest BCUT2D eigenvalue weighted by Crippen LogP contribution is -2.33. The summed E-state index contributed by atoms with van der Waals surface area (Å²) in [6.07, 6.45) is 1.83. The van der Waals surface area contributed by atoms with Crippen molar-refractivity contribution in [3.8, 4) is 0 Å². The second kappa shape index (κ2) is 5.55. The standard InChI is InChI=1S/C16H18ClN/c1-16(18,14-9-5-6-10-15(14)17)12-11-13-7-3-2-4-8-13/h2-10H,11-12,18H2,1H3. The molecule has 1 atom stereocenters. The van der Waals surface area contributed by atoms with Crippen LogP contribution in [0, 0.1) is 0 Å². The third kappa shape index (κ3) is 3.12. The van der Waals surface area contributed by atoms with Crippen molar-refractivity contribution < 1.29 is 0 Å².